The number of benzene rings is 1. The molecule has 0 aliphatic carbocycles. The highest BCUT2D eigenvalue weighted by Crippen LogP contribution is 2.23. The average molecular weight is 301 g/mol. The molecule has 1 unspecified atom stereocenters. The summed E-state index contributed by atoms with van der Waals surface area (Å²) in [4.78, 5) is 14.7. The maximum absolute atomic E-state index is 12.2. The van der Waals surface area contributed by atoms with Crippen LogP contribution in [-0.2, 0) is 0 Å². The second-order valence-corrected chi connectivity index (χ2v) is 5.33. The highest BCUT2D eigenvalue weighted by atomic mass is 79.9. The summed E-state index contributed by atoms with van der Waals surface area (Å²) in [5.74, 6) is 0.0238. The largest absolute Gasteiger partial charge is 0.337 e. The zero-order chi connectivity index (χ0) is 11.7. The number of nitrogens with two attached hydrogens (primary N) is 1. The smallest absolute Gasteiger partial charge is 0.255 e. The van der Waals surface area contributed by atoms with Crippen LogP contribution in [-0.4, -0.2) is 29.9 Å². The lowest BCUT2D eigenvalue weighted by atomic mass is 10.2. The minimum absolute atomic E-state index is 0.0238. The number of rotatable bonds is 1. The standard InChI is InChI=1S/C11H13BrN2OS/c12-10-2-1-8(16)5-9(10)11(15)14-4-3-7(13)6-14/h1-2,5,7,16H,3-4,6,13H2. The van der Waals surface area contributed by atoms with Crippen molar-refractivity contribution in [2.45, 2.75) is 17.4 Å². The van der Waals surface area contributed by atoms with Crippen molar-refractivity contribution in [3.63, 3.8) is 0 Å². The first-order valence-corrected chi connectivity index (χ1v) is 6.35. The third-order valence-electron chi connectivity index (χ3n) is 2.69. The van der Waals surface area contributed by atoms with E-state index < -0.39 is 0 Å². The molecule has 1 atom stereocenters. The zero-order valence-electron chi connectivity index (χ0n) is 8.69. The lowest BCUT2D eigenvalue weighted by Gasteiger charge is -2.16. The Balaban J connectivity index is 2.23. The Kier molecular flexibility index (Phi) is 3.56. The zero-order valence-corrected chi connectivity index (χ0v) is 11.2. The van der Waals surface area contributed by atoms with Crippen LogP contribution < -0.4 is 5.73 Å². The summed E-state index contributed by atoms with van der Waals surface area (Å²) in [6.45, 7) is 1.38. The minimum atomic E-state index is 0.0238. The van der Waals surface area contributed by atoms with E-state index in [1.54, 1.807) is 11.0 Å². The molecule has 1 saturated heterocycles. The highest BCUT2D eigenvalue weighted by molar-refractivity contribution is 9.10. The molecule has 16 heavy (non-hydrogen) atoms. The van der Waals surface area contributed by atoms with E-state index in [4.69, 9.17) is 5.73 Å². The van der Waals surface area contributed by atoms with Gasteiger partial charge in [-0.05, 0) is 40.5 Å². The molecule has 0 radical (unpaired) electrons. The number of carbonyl (C=O) groups is 1. The molecular weight excluding hydrogens is 288 g/mol. The highest BCUT2D eigenvalue weighted by Gasteiger charge is 2.25. The van der Waals surface area contributed by atoms with Crippen LogP contribution in [0.3, 0.4) is 0 Å². The van der Waals surface area contributed by atoms with Gasteiger partial charge in [-0.3, -0.25) is 4.79 Å². The van der Waals surface area contributed by atoms with Crippen molar-refractivity contribution in [3.05, 3.63) is 28.2 Å². The molecule has 1 fully saturated rings. The summed E-state index contributed by atoms with van der Waals surface area (Å²) in [7, 11) is 0. The Morgan fingerprint density at radius 3 is 2.94 bits per heavy atom. The minimum Gasteiger partial charge on any atom is -0.337 e. The van der Waals surface area contributed by atoms with E-state index in [2.05, 4.69) is 28.6 Å². The number of thiol groups is 1. The molecule has 0 spiro atoms. The third-order valence-corrected chi connectivity index (χ3v) is 3.66. The van der Waals surface area contributed by atoms with Crippen LogP contribution in [0.2, 0.25) is 0 Å². The predicted molar refractivity (Wildman–Crippen MR) is 69.9 cm³/mol. The van der Waals surface area contributed by atoms with Crippen LogP contribution in [0.4, 0.5) is 0 Å². The molecule has 1 aliphatic heterocycles. The van der Waals surface area contributed by atoms with Crippen LogP contribution in [0.15, 0.2) is 27.6 Å². The molecule has 1 aliphatic rings. The van der Waals surface area contributed by atoms with Crippen molar-refractivity contribution >= 4 is 34.5 Å². The fraction of sp³-hybridized carbons (Fsp3) is 0.364. The molecule has 2 rings (SSSR count). The second kappa shape index (κ2) is 4.77. The van der Waals surface area contributed by atoms with Crippen molar-refractivity contribution in [1.29, 1.82) is 0 Å². The van der Waals surface area contributed by atoms with E-state index in [1.165, 1.54) is 0 Å². The van der Waals surface area contributed by atoms with Crippen molar-refractivity contribution in [2.75, 3.05) is 13.1 Å². The topological polar surface area (TPSA) is 46.3 Å². The number of nitrogens with zero attached hydrogens (tertiary/aromatic N) is 1. The first-order chi connectivity index (χ1) is 7.58. The van der Waals surface area contributed by atoms with Crippen molar-refractivity contribution in [3.8, 4) is 0 Å². The molecule has 2 N–H and O–H groups in total. The number of amides is 1. The molecule has 86 valence electrons. The molecule has 0 saturated carbocycles. The molecule has 1 aromatic carbocycles. The van der Waals surface area contributed by atoms with Crippen LogP contribution >= 0.6 is 28.6 Å². The van der Waals surface area contributed by atoms with Gasteiger partial charge in [-0.2, -0.15) is 0 Å². The quantitative estimate of drug-likeness (QED) is 0.778. The normalized spacial score (nSPS) is 20.2. The molecule has 0 bridgehead atoms. The molecule has 0 aromatic heterocycles. The Hall–Kier alpha value is -0.520. The summed E-state index contributed by atoms with van der Waals surface area (Å²) in [6.07, 6.45) is 0.879. The summed E-state index contributed by atoms with van der Waals surface area (Å²) < 4.78 is 0.802. The van der Waals surface area contributed by atoms with Crippen molar-refractivity contribution < 1.29 is 4.79 Å². The summed E-state index contributed by atoms with van der Waals surface area (Å²) >= 11 is 7.62. The molecule has 5 heteroatoms. The molecule has 1 heterocycles. The number of likely N-dealkylation sites (tertiary alicyclic amines) is 1. The van der Waals surface area contributed by atoms with Gasteiger partial charge < -0.3 is 10.6 Å². The number of hydrogen-bond acceptors (Lipinski definition) is 3. The van der Waals surface area contributed by atoms with Gasteiger partial charge in [0.1, 0.15) is 0 Å². The first kappa shape index (κ1) is 12.0. The lowest BCUT2D eigenvalue weighted by Crippen LogP contribution is -2.32. The van der Waals surface area contributed by atoms with E-state index in [1.807, 2.05) is 12.1 Å². The average Bonchev–Trinajstić information content (AvgIpc) is 2.67. The number of carbonyl (C=O) groups excluding carboxylic acids is 1. The second-order valence-electron chi connectivity index (χ2n) is 3.96. The van der Waals surface area contributed by atoms with Crippen LogP contribution in [0.25, 0.3) is 0 Å². The number of hydrogen-bond donors (Lipinski definition) is 2. The summed E-state index contributed by atoms with van der Waals surface area (Å²) in [5.41, 5.74) is 6.44. The molecule has 1 amide bonds. The molecule has 3 nitrogen and oxygen atoms in total. The van der Waals surface area contributed by atoms with Gasteiger partial charge in [0.15, 0.2) is 0 Å². The summed E-state index contributed by atoms with van der Waals surface area (Å²) in [5, 5.41) is 0. The summed E-state index contributed by atoms with van der Waals surface area (Å²) in [6, 6.07) is 5.58. The van der Waals surface area contributed by atoms with Crippen molar-refractivity contribution in [2.24, 2.45) is 5.73 Å². The Labute approximate surface area is 109 Å². The van der Waals surface area contributed by atoms with Crippen LogP contribution in [0, 0.1) is 0 Å². The van der Waals surface area contributed by atoms with E-state index in [-0.39, 0.29) is 11.9 Å². The van der Waals surface area contributed by atoms with Crippen molar-refractivity contribution in [1.82, 2.24) is 4.90 Å². The van der Waals surface area contributed by atoms with E-state index >= 15 is 0 Å². The third kappa shape index (κ3) is 2.42. The maximum atomic E-state index is 12.2. The van der Waals surface area contributed by atoms with E-state index in [0.717, 1.165) is 22.3 Å². The van der Waals surface area contributed by atoms with Gasteiger partial charge in [-0.1, -0.05) is 0 Å². The molecule has 1 aromatic rings. The SMILES string of the molecule is NC1CCN(C(=O)c2cc(S)ccc2Br)C1. The van der Waals surface area contributed by atoms with E-state index in [9.17, 15) is 4.79 Å². The number of halogens is 1. The monoisotopic (exact) mass is 300 g/mol. The lowest BCUT2D eigenvalue weighted by molar-refractivity contribution is 0.0789. The van der Waals surface area contributed by atoms with Gasteiger partial charge in [-0.15, -0.1) is 12.6 Å². The Morgan fingerprint density at radius 1 is 1.56 bits per heavy atom. The van der Waals surface area contributed by atoms with Gasteiger partial charge in [0.25, 0.3) is 5.91 Å². The first-order valence-electron chi connectivity index (χ1n) is 5.11. The van der Waals surface area contributed by atoms with Gasteiger partial charge >= 0.3 is 0 Å². The van der Waals surface area contributed by atoms with Gasteiger partial charge in [0.05, 0.1) is 5.56 Å². The van der Waals surface area contributed by atoms with Crippen LogP contribution in [0.1, 0.15) is 16.8 Å². The van der Waals surface area contributed by atoms with Gasteiger partial charge in [0.2, 0.25) is 0 Å². The predicted octanol–water partition coefficient (Wildman–Crippen LogP) is 1.91. The fourth-order valence-corrected chi connectivity index (χ4v) is 2.44. The van der Waals surface area contributed by atoms with E-state index in [0.29, 0.717) is 12.1 Å². The fourth-order valence-electron chi connectivity index (χ4n) is 1.82. The molecular formula is C11H13BrN2OS. The maximum Gasteiger partial charge on any atom is 0.255 e. The van der Waals surface area contributed by atoms with Gasteiger partial charge in [-0.25, -0.2) is 0 Å². The van der Waals surface area contributed by atoms with Gasteiger partial charge in [0, 0.05) is 28.5 Å². The Bertz CT molecular complexity index is 424. The Morgan fingerprint density at radius 2 is 2.31 bits per heavy atom. The van der Waals surface area contributed by atoms with Crippen LogP contribution in [0.5, 0.6) is 0 Å².